The molecule has 0 bridgehead atoms. The highest BCUT2D eigenvalue weighted by Crippen LogP contribution is 2.22. The summed E-state index contributed by atoms with van der Waals surface area (Å²) in [6.45, 7) is 6.07. The summed E-state index contributed by atoms with van der Waals surface area (Å²) in [6.07, 6.45) is 3.33. The van der Waals surface area contributed by atoms with Crippen LogP contribution in [0, 0.1) is 13.8 Å². The van der Waals surface area contributed by atoms with Gasteiger partial charge in [-0.1, -0.05) is 55.3 Å². The van der Waals surface area contributed by atoms with Gasteiger partial charge >= 0.3 is 0 Å². The van der Waals surface area contributed by atoms with Gasteiger partial charge in [-0.3, -0.25) is 0 Å². The van der Waals surface area contributed by atoms with Crippen LogP contribution < -0.4 is 0 Å². The Morgan fingerprint density at radius 2 is 1.93 bits per heavy atom. The van der Waals surface area contributed by atoms with Crippen LogP contribution in [0.3, 0.4) is 0 Å². The van der Waals surface area contributed by atoms with Gasteiger partial charge in [-0.15, -0.1) is 0 Å². The molecule has 0 nitrogen and oxygen atoms in total. The van der Waals surface area contributed by atoms with Crippen molar-refractivity contribution in [1.29, 1.82) is 0 Å². The van der Waals surface area contributed by atoms with E-state index in [4.69, 9.17) is 0 Å². The third kappa shape index (κ3) is 2.20. The minimum atomic E-state index is 1.02. The van der Waals surface area contributed by atoms with Crippen molar-refractivity contribution in [2.75, 3.05) is 0 Å². The smallest absolute Gasteiger partial charge is 0.0152 e. The maximum atomic E-state index is 3.90. The number of aryl methyl sites for hydroxylation is 2. The molecule has 0 saturated carbocycles. The van der Waals surface area contributed by atoms with Gasteiger partial charge in [-0.25, -0.2) is 0 Å². The molecule has 15 heavy (non-hydrogen) atoms. The average molecular weight is 197 g/mol. The molecule has 2 aromatic rings. The zero-order chi connectivity index (χ0) is 10.7. The van der Waals surface area contributed by atoms with Crippen molar-refractivity contribution < 1.29 is 0 Å². The van der Waals surface area contributed by atoms with Crippen LogP contribution in [-0.2, 0) is 6.42 Å². The van der Waals surface area contributed by atoms with Crippen LogP contribution in [0.25, 0.3) is 10.8 Å². The Morgan fingerprint density at radius 1 is 1.13 bits per heavy atom. The normalized spacial score (nSPS) is 10.8. The van der Waals surface area contributed by atoms with Crippen molar-refractivity contribution in [3.8, 4) is 0 Å². The van der Waals surface area contributed by atoms with E-state index in [1.807, 2.05) is 0 Å². The number of fused-ring (bicyclic) bond motifs is 1. The highest BCUT2D eigenvalue weighted by Gasteiger charge is 2.01. The number of unbranched alkanes of at least 4 members (excludes halogenated alkanes) is 1. The molecule has 0 heteroatoms. The second-order valence-corrected chi connectivity index (χ2v) is 4.10. The lowest BCUT2D eigenvalue weighted by Crippen LogP contribution is -1.88. The summed E-state index contributed by atoms with van der Waals surface area (Å²) in [5.41, 5.74) is 2.82. The van der Waals surface area contributed by atoms with E-state index in [0.717, 1.165) is 12.8 Å². The molecule has 2 aromatic carbocycles. The average Bonchev–Trinajstić information content (AvgIpc) is 2.25. The standard InChI is InChI=1S/C15H17/c1-3-4-7-13-10-12(2)11-14-8-5-6-9-15(13)14/h5-6,8-11H,1,3-4,7H2,2H3. The first-order chi connectivity index (χ1) is 7.31. The molecule has 0 aromatic heterocycles. The molecule has 2 rings (SSSR count). The molecule has 77 valence electrons. The fourth-order valence-electron chi connectivity index (χ4n) is 2.08. The van der Waals surface area contributed by atoms with Gasteiger partial charge in [0.25, 0.3) is 0 Å². The SMILES string of the molecule is [CH2]CCCc1cc(C)cc2ccccc12. The van der Waals surface area contributed by atoms with Crippen molar-refractivity contribution in [2.24, 2.45) is 0 Å². The van der Waals surface area contributed by atoms with Gasteiger partial charge in [0.15, 0.2) is 0 Å². The van der Waals surface area contributed by atoms with Crippen LogP contribution in [0.5, 0.6) is 0 Å². The van der Waals surface area contributed by atoms with E-state index in [0.29, 0.717) is 0 Å². The predicted molar refractivity (Wildman–Crippen MR) is 67.0 cm³/mol. The number of rotatable bonds is 3. The second-order valence-electron chi connectivity index (χ2n) is 4.10. The quantitative estimate of drug-likeness (QED) is 0.688. The molecule has 0 unspecified atom stereocenters. The molecule has 0 fully saturated rings. The third-order valence-corrected chi connectivity index (χ3v) is 2.79. The summed E-state index contributed by atoms with van der Waals surface area (Å²) in [4.78, 5) is 0. The van der Waals surface area contributed by atoms with Crippen LogP contribution in [0.2, 0.25) is 0 Å². The van der Waals surface area contributed by atoms with E-state index >= 15 is 0 Å². The Kier molecular flexibility index (Phi) is 3.05. The zero-order valence-corrected chi connectivity index (χ0v) is 9.29. The summed E-state index contributed by atoms with van der Waals surface area (Å²) in [7, 11) is 0. The molecule has 0 amide bonds. The Labute approximate surface area is 91.9 Å². The molecule has 0 aliphatic carbocycles. The monoisotopic (exact) mass is 197 g/mol. The van der Waals surface area contributed by atoms with E-state index in [9.17, 15) is 0 Å². The minimum Gasteiger partial charge on any atom is -0.0616 e. The molecule has 0 heterocycles. The van der Waals surface area contributed by atoms with Crippen molar-refractivity contribution in [1.82, 2.24) is 0 Å². The lowest BCUT2D eigenvalue weighted by Gasteiger charge is -2.07. The number of benzene rings is 2. The Hall–Kier alpha value is -1.30. The van der Waals surface area contributed by atoms with Gasteiger partial charge in [-0.2, -0.15) is 0 Å². The van der Waals surface area contributed by atoms with Gasteiger partial charge in [0.2, 0.25) is 0 Å². The lowest BCUT2D eigenvalue weighted by molar-refractivity contribution is 0.845. The maximum absolute atomic E-state index is 3.90. The topological polar surface area (TPSA) is 0 Å². The van der Waals surface area contributed by atoms with Gasteiger partial charge in [0.1, 0.15) is 0 Å². The van der Waals surface area contributed by atoms with Crippen molar-refractivity contribution in [2.45, 2.75) is 26.2 Å². The van der Waals surface area contributed by atoms with Gasteiger partial charge in [0, 0.05) is 0 Å². The molecule has 1 radical (unpaired) electrons. The van der Waals surface area contributed by atoms with E-state index in [2.05, 4.69) is 50.2 Å². The molecule has 0 saturated heterocycles. The fraction of sp³-hybridized carbons (Fsp3) is 0.267. The number of hydrogen-bond acceptors (Lipinski definition) is 0. The molecular weight excluding hydrogens is 180 g/mol. The highest BCUT2D eigenvalue weighted by molar-refractivity contribution is 5.86. The first kappa shape index (κ1) is 10.2. The summed E-state index contributed by atoms with van der Waals surface area (Å²) < 4.78 is 0. The van der Waals surface area contributed by atoms with Gasteiger partial charge in [0.05, 0.1) is 0 Å². The maximum Gasteiger partial charge on any atom is -0.0152 e. The number of hydrogen-bond donors (Lipinski definition) is 0. The van der Waals surface area contributed by atoms with Crippen molar-refractivity contribution in [3.05, 3.63) is 54.4 Å². The highest BCUT2D eigenvalue weighted by atomic mass is 14.1. The molecule has 0 N–H and O–H groups in total. The summed E-state index contributed by atoms with van der Waals surface area (Å²) >= 11 is 0. The fourth-order valence-corrected chi connectivity index (χ4v) is 2.08. The van der Waals surface area contributed by atoms with E-state index in [1.54, 1.807) is 0 Å². The predicted octanol–water partition coefficient (Wildman–Crippen LogP) is 4.31. The van der Waals surface area contributed by atoms with Crippen LogP contribution >= 0.6 is 0 Å². The zero-order valence-electron chi connectivity index (χ0n) is 9.29. The molecular formula is C15H17. The van der Waals surface area contributed by atoms with E-state index in [-0.39, 0.29) is 0 Å². The van der Waals surface area contributed by atoms with Gasteiger partial charge < -0.3 is 0 Å². The Balaban J connectivity index is 2.50. The first-order valence-electron chi connectivity index (χ1n) is 5.59. The summed E-state index contributed by atoms with van der Waals surface area (Å²) in [5, 5.41) is 2.76. The van der Waals surface area contributed by atoms with Crippen LogP contribution in [-0.4, -0.2) is 0 Å². The Morgan fingerprint density at radius 3 is 2.73 bits per heavy atom. The molecule has 0 aliphatic rings. The first-order valence-corrected chi connectivity index (χ1v) is 5.59. The lowest BCUT2D eigenvalue weighted by atomic mass is 9.98. The van der Waals surface area contributed by atoms with Crippen molar-refractivity contribution >= 4 is 10.8 Å². The second kappa shape index (κ2) is 4.48. The van der Waals surface area contributed by atoms with Crippen LogP contribution in [0.15, 0.2) is 36.4 Å². The third-order valence-electron chi connectivity index (χ3n) is 2.79. The van der Waals surface area contributed by atoms with Crippen LogP contribution in [0.1, 0.15) is 24.0 Å². The minimum absolute atomic E-state index is 1.02. The largest absolute Gasteiger partial charge is 0.0616 e. The van der Waals surface area contributed by atoms with Gasteiger partial charge in [-0.05, 0) is 36.1 Å². The molecule has 0 spiro atoms. The summed E-state index contributed by atoms with van der Waals surface area (Å²) in [6, 6.07) is 13.2. The van der Waals surface area contributed by atoms with Crippen LogP contribution in [0.4, 0.5) is 0 Å². The Bertz CT molecular complexity index is 455. The molecule has 0 atom stereocenters. The van der Waals surface area contributed by atoms with E-state index in [1.165, 1.54) is 28.3 Å². The molecule has 0 aliphatic heterocycles. The van der Waals surface area contributed by atoms with E-state index < -0.39 is 0 Å². The summed E-state index contributed by atoms with van der Waals surface area (Å²) in [5.74, 6) is 0. The van der Waals surface area contributed by atoms with Crippen molar-refractivity contribution in [3.63, 3.8) is 0 Å².